The minimum absolute atomic E-state index is 0.0548. The van der Waals surface area contributed by atoms with Crippen molar-refractivity contribution in [3.05, 3.63) is 27.6 Å². The topological polar surface area (TPSA) is 133 Å². The van der Waals surface area contributed by atoms with Crippen molar-refractivity contribution in [3.8, 4) is 0 Å². The Morgan fingerprint density at radius 2 is 2.19 bits per heavy atom. The second-order valence-electron chi connectivity index (χ2n) is 4.65. The molecule has 4 N–H and O–H groups in total. The molecule has 0 saturated carbocycles. The first-order valence-corrected chi connectivity index (χ1v) is 6.53. The van der Waals surface area contributed by atoms with Crippen molar-refractivity contribution in [2.75, 3.05) is 6.61 Å². The summed E-state index contributed by atoms with van der Waals surface area (Å²) in [6, 6.07) is 0. The molecule has 1 saturated heterocycles. The lowest BCUT2D eigenvalue weighted by Crippen LogP contribution is -2.33. The van der Waals surface area contributed by atoms with Crippen LogP contribution in [0.5, 0.6) is 0 Å². The molecule has 3 heterocycles. The van der Waals surface area contributed by atoms with Crippen molar-refractivity contribution in [1.82, 2.24) is 19.5 Å². The van der Waals surface area contributed by atoms with Crippen LogP contribution >= 0.6 is 12.2 Å². The van der Waals surface area contributed by atoms with Crippen molar-refractivity contribution in [3.63, 3.8) is 0 Å². The summed E-state index contributed by atoms with van der Waals surface area (Å²) in [6.07, 6.45) is -1.55. The summed E-state index contributed by atoms with van der Waals surface area (Å²) in [5, 5.41) is 29.3. The first-order valence-electron chi connectivity index (χ1n) is 6.12. The number of aliphatic hydroxyl groups excluding tert-OH is 3. The van der Waals surface area contributed by atoms with E-state index in [0.29, 0.717) is 5.39 Å². The summed E-state index contributed by atoms with van der Waals surface area (Å²) in [4.78, 5) is 21.2. The molecule has 1 fully saturated rings. The smallest absolute Gasteiger partial charge is 0.346 e. The number of H-pyrrole nitrogens is 1. The second-order valence-corrected chi connectivity index (χ2v) is 5.02. The predicted molar refractivity (Wildman–Crippen MR) is 72.0 cm³/mol. The Hall–Kier alpha value is -1.72. The van der Waals surface area contributed by atoms with Crippen LogP contribution in [0.3, 0.4) is 0 Å². The summed E-state index contributed by atoms with van der Waals surface area (Å²) in [5.74, 6) is 0. The highest BCUT2D eigenvalue weighted by Crippen LogP contribution is 2.29. The van der Waals surface area contributed by atoms with Crippen LogP contribution in [0, 0.1) is 4.77 Å². The van der Waals surface area contributed by atoms with Crippen LogP contribution in [0.2, 0.25) is 0 Å². The van der Waals surface area contributed by atoms with E-state index in [0.717, 1.165) is 0 Å². The lowest BCUT2D eigenvalue weighted by molar-refractivity contribution is -0.0538. The summed E-state index contributed by atoms with van der Waals surface area (Å²) >= 11 is 5.10. The Bertz CT molecular complexity index is 790. The third-order valence-corrected chi connectivity index (χ3v) is 3.62. The molecule has 0 bridgehead atoms. The highest BCUT2D eigenvalue weighted by Gasteiger charge is 2.43. The van der Waals surface area contributed by atoms with E-state index in [4.69, 9.17) is 22.1 Å². The molecule has 112 valence electrons. The van der Waals surface area contributed by atoms with E-state index in [9.17, 15) is 15.0 Å². The molecule has 0 radical (unpaired) electrons. The zero-order chi connectivity index (χ0) is 15.1. The average molecular weight is 312 g/mol. The van der Waals surface area contributed by atoms with E-state index in [-0.39, 0.29) is 10.4 Å². The van der Waals surface area contributed by atoms with Crippen molar-refractivity contribution < 1.29 is 20.1 Å². The van der Waals surface area contributed by atoms with Gasteiger partial charge in [0, 0.05) is 12.4 Å². The third-order valence-electron chi connectivity index (χ3n) is 3.32. The number of rotatable bonds is 2. The highest BCUT2D eigenvalue weighted by atomic mass is 32.1. The van der Waals surface area contributed by atoms with Crippen molar-refractivity contribution >= 4 is 23.3 Å². The Balaban J connectivity index is 2.09. The lowest BCUT2D eigenvalue weighted by atomic mass is 10.1. The minimum Gasteiger partial charge on any atom is -0.394 e. The summed E-state index contributed by atoms with van der Waals surface area (Å²) < 4.78 is 6.79. The first kappa shape index (κ1) is 14.2. The molecule has 0 amide bonds. The Morgan fingerprint density at radius 3 is 2.86 bits per heavy atom. The fraction of sp³-hybridized carbons (Fsp3) is 0.455. The molecule has 2 aromatic rings. The van der Waals surface area contributed by atoms with Gasteiger partial charge < -0.3 is 20.1 Å². The van der Waals surface area contributed by atoms with Gasteiger partial charge in [-0.3, -0.25) is 9.55 Å². The largest absolute Gasteiger partial charge is 0.394 e. The maximum atomic E-state index is 11.1. The zero-order valence-electron chi connectivity index (χ0n) is 10.6. The average Bonchev–Trinajstić information content (AvgIpc) is 2.74. The predicted octanol–water partition coefficient (Wildman–Crippen LogP) is -1.54. The SMILES string of the molecule is O=c1ncc2cn([C@@H]3O[C@H](CO)[C@H](O)C3O)c(=S)nc2[nH]1. The van der Waals surface area contributed by atoms with Gasteiger partial charge in [0.2, 0.25) is 4.77 Å². The van der Waals surface area contributed by atoms with Gasteiger partial charge in [-0.05, 0) is 12.2 Å². The maximum absolute atomic E-state index is 11.1. The van der Waals surface area contributed by atoms with Gasteiger partial charge in [0.1, 0.15) is 24.0 Å². The molecule has 1 aliphatic rings. The fourth-order valence-electron chi connectivity index (χ4n) is 2.23. The lowest BCUT2D eigenvalue weighted by Gasteiger charge is -2.18. The number of aromatic amines is 1. The molecule has 0 aliphatic carbocycles. The maximum Gasteiger partial charge on any atom is 0.346 e. The molecule has 0 spiro atoms. The van der Waals surface area contributed by atoms with Gasteiger partial charge in [-0.1, -0.05) is 0 Å². The molecule has 1 aliphatic heterocycles. The number of aliphatic hydroxyl groups is 3. The first-order chi connectivity index (χ1) is 10.0. The Kier molecular flexibility index (Phi) is 3.55. The van der Waals surface area contributed by atoms with E-state index in [1.165, 1.54) is 17.0 Å². The van der Waals surface area contributed by atoms with E-state index in [1.54, 1.807) is 0 Å². The van der Waals surface area contributed by atoms with Crippen molar-refractivity contribution in [2.24, 2.45) is 0 Å². The van der Waals surface area contributed by atoms with E-state index < -0.39 is 36.8 Å². The quantitative estimate of drug-likeness (QED) is 0.490. The van der Waals surface area contributed by atoms with Gasteiger partial charge in [0.25, 0.3) is 0 Å². The van der Waals surface area contributed by atoms with Crippen LogP contribution in [0.15, 0.2) is 17.2 Å². The summed E-state index contributed by atoms with van der Waals surface area (Å²) in [6.45, 7) is -0.433. The van der Waals surface area contributed by atoms with E-state index in [2.05, 4.69) is 15.0 Å². The minimum atomic E-state index is -1.26. The number of nitrogens with zero attached hydrogens (tertiary/aromatic N) is 3. The number of nitrogens with one attached hydrogen (secondary N) is 1. The number of hydrogen-bond donors (Lipinski definition) is 4. The zero-order valence-corrected chi connectivity index (χ0v) is 11.4. The molecule has 1 unspecified atom stereocenters. The Labute approximate surface area is 122 Å². The highest BCUT2D eigenvalue weighted by molar-refractivity contribution is 7.71. The van der Waals surface area contributed by atoms with Gasteiger partial charge in [0.05, 0.1) is 12.0 Å². The molecular formula is C11H12N4O5S. The number of hydrogen-bond acceptors (Lipinski definition) is 8. The Morgan fingerprint density at radius 1 is 1.43 bits per heavy atom. The standard InChI is InChI=1S/C11H12N4O5S/c16-3-5-6(17)7(18)9(20-5)15-2-4-1-12-10(19)13-8(4)14-11(15)21/h1-2,5-7,9,16-18H,3H2,(H,13,14,19,21)/t5-,6+,7?,9-/m1/s1. The van der Waals surface area contributed by atoms with Crippen molar-refractivity contribution in [1.29, 1.82) is 0 Å². The fourth-order valence-corrected chi connectivity index (χ4v) is 2.48. The van der Waals surface area contributed by atoms with Gasteiger partial charge in [-0.25, -0.2) is 14.8 Å². The summed E-state index contributed by atoms with van der Waals surface area (Å²) in [7, 11) is 0. The molecular weight excluding hydrogens is 300 g/mol. The van der Waals surface area contributed by atoms with Gasteiger partial charge in [0.15, 0.2) is 6.23 Å². The molecule has 9 nitrogen and oxygen atoms in total. The monoisotopic (exact) mass is 312 g/mol. The molecule has 21 heavy (non-hydrogen) atoms. The van der Waals surface area contributed by atoms with Crippen molar-refractivity contribution in [2.45, 2.75) is 24.5 Å². The molecule has 2 aromatic heterocycles. The van der Waals surface area contributed by atoms with E-state index >= 15 is 0 Å². The molecule has 10 heteroatoms. The van der Waals surface area contributed by atoms with Crippen LogP contribution in [0.1, 0.15) is 6.23 Å². The van der Waals surface area contributed by atoms with Crippen LogP contribution in [0.25, 0.3) is 11.0 Å². The number of aromatic nitrogens is 4. The van der Waals surface area contributed by atoms with Gasteiger partial charge >= 0.3 is 5.69 Å². The van der Waals surface area contributed by atoms with Crippen LogP contribution in [-0.4, -0.2) is 59.8 Å². The molecule has 4 atom stereocenters. The summed E-state index contributed by atoms with van der Waals surface area (Å²) in [5.41, 5.74) is -0.280. The number of fused-ring (bicyclic) bond motifs is 1. The second kappa shape index (κ2) is 5.24. The van der Waals surface area contributed by atoms with Crippen LogP contribution < -0.4 is 5.69 Å². The van der Waals surface area contributed by atoms with Gasteiger partial charge in [-0.2, -0.15) is 0 Å². The van der Waals surface area contributed by atoms with Gasteiger partial charge in [-0.15, -0.1) is 0 Å². The van der Waals surface area contributed by atoms with Crippen LogP contribution in [-0.2, 0) is 4.74 Å². The number of ether oxygens (including phenoxy) is 1. The van der Waals surface area contributed by atoms with Crippen LogP contribution in [0.4, 0.5) is 0 Å². The third kappa shape index (κ3) is 2.36. The molecule has 0 aromatic carbocycles. The normalized spacial score (nSPS) is 29.1. The molecule has 3 rings (SSSR count). The van der Waals surface area contributed by atoms with E-state index in [1.807, 2.05) is 0 Å².